The van der Waals surface area contributed by atoms with Crippen molar-refractivity contribution in [3.63, 3.8) is 0 Å². The van der Waals surface area contributed by atoms with Gasteiger partial charge in [-0.25, -0.2) is 0 Å². The molecular formula is C15H12O3. The molecule has 1 aliphatic rings. The molecule has 2 aromatic rings. The fourth-order valence-corrected chi connectivity index (χ4v) is 2.39. The molecule has 1 N–H and O–H groups in total. The van der Waals surface area contributed by atoms with Crippen LogP contribution in [0.25, 0.3) is 0 Å². The molecule has 0 saturated heterocycles. The first kappa shape index (κ1) is 10.8. The highest BCUT2D eigenvalue weighted by molar-refractivity contribution is 5.82. The van der Waals surface area contributed by atoms with E-state index in [0.717, 1.165) is 16.7 Å². The van der Waals surface area contributed by atoms with Gasteiger partial charge in [0.15, 0.2) is 0 Å². The molecule has 3 nitrogen and oxygen atoms in total. The smallest absolute Gasteiger partial charge is 0.315 e. The molecule has 0 saturated carbocycles. The Labute approximate surface area is 105 Å². The SMILES string of the molecule is O=C(O)[C@H]1c2ccccc2COc2ccccc21. The zero-order chi connectivity index (χ0) is 12.5. The minimum atomic E-state index is -0.847. The van der Waals surface area contributed by atoms with Crippen molar-refractivity contribution in [3.05, 3.63) is 65.2 Å². The summed E-state index contributed by atoms with van der Waals surface area (Å²) < 4.78 is 5.69. The van der Waals surface area contributed by atoms with Crippen LogP contribution in [-0.4, -0.2) is 11.1 Å². The van der Waals surface area contributed by atoms with Crippen LogP contribution < -0.4 is 4.74 Å². The molecule has 0 amide bonds. The third kappa shape index (κ3) is 1.64. The molecule has 0 radical (unpaired) electrons. The maximum Gasteiger partial charge on any atom is 0.315 e. The van der Waals surface area contributed by atoms with E-state index in [1.165, 1.54) is 0 Å². The van der Waals surface area contributed by atoms with Gasteiger partial charge < -0.3 is 9.84 Å². The predicted molar refractivity (Wildman–Crippen MR) is 66.7 cm³/mol. The van der Waals surface area contributed by atoms with Crippen LogP contribution in [-0.2, 0) is 11.4 Å². The first-order valence-electron chi connectivity index (χ1n) is 5.79. The lowest BCUT2D eigenvalue weighted by Gasteiger charge is -2.14. The van der Waals surface area contributed by atoms with Gasteiger partial charge in [-0.3, -0.25) is 4.79 Å². The Morgan fingerprint density at radius 2 is 1.72 bits per heavy atom. The molecular weight excluding hydrogens is 228 g/mol. The van der Waals surface area contributed by atoms with Gasteiger partial charge in [-0.05, 0) is 17.2 Å². The summed E-state index contributed by atoms with van der Waals surface area (Å²) in [7, 11) is 0. The summed E-state index contributed by atoms with van der Waals surface area (Å²) in [5.74, 6) is -0.846. The van der Waals surface area contributed by atoms with E-state index < -0.39 is 11.9 Å². The van der Waals surface area contributed by atoms with E-state index in [0.29, 0.717) is 12.4 Å². The van der Waals surface area contributed by atoms with Gasteiger partial charge in [0, 0.05) is 5.56 Å². The number of hydrogen-bond acceptors (Lipinski definition) is 2. The van der Waals surface area contributed by atoms with E-state index >= 15 is 0 Å². The fourth-order valence-electron chi connectivity index (χ4n) is 2.39. The molecule has 90 valence electrons. The Morgan fingerprint density at radius 3 is 2.50 bits per heavy atom. The van der Waals surface area contributed by atoms with Gasteiger partial charge in [0.25, 0.3) is 0 Å². The van der Waals surface area contributed by atoms with E-state index in [1.54, 1.807) is 0 Å². The minimum absolute atomic E-state index is 0.414. The van der Waals surface area contributed by atoms with Crippen molar-refractivity contribution >= 4 is 5.97 Å². The van der Waals surface area contributed by atoms with Gasteiger partial charge in [-0.1, -0.05) is 42.5 Å². The van der Waals surface area contributed by atoms with Crippen molar-refractivity contribution in [2.45, 2.75) is 12.5 Å². The molecule has 1 atom stereocenters. The standard InChI is InChI=1S/C15H12O3/c16-15(17)14-11-6-2-1-5-10(11)9-18-13-8-4-3-7-12(13)14/h1-8,14H,9H2,(H,16,17)/t14-/m0/s1. The van der Waals surface area contributed by atoms with Gasteiger partial charge in [0.2, 0.25) is 0 Å². The zero-order valence-corrected chi connectivity index (χ0v) is 9.67. The Hall–Kier alpha value is -2.29. The number of fused-ring (bicyclic) bond motifs is 2. The lowest BCUT2D eigenvalue weighted by Crippen LogP contribution is -2.13. The van der Waals surface area contributed by atoms with Crippen LogP contribution in [0.15, 0.2) is 48.5 Å². The van der Waals surface area contributed by atoms with Gasteiger partial charge >= 0.3 is 5.97 Å². The summed E-state index contributed by atoms with van der Waals surface area (Å²) in [4.78, 5) is 11.6. The predicted octanol–water partition coefficient (Wildman–Crippen LogP) is 2.80. The first-order valence-corrected chi connectivity index (χ1v) is 5.79. The van der Waals surface area contributed by atoms with Crippen molar-refractivity contribution < 1.29 is 14.6 Å². The molecule has 3 rings (SSSR count). The number of carbonyl (C=O) groups is 1. The largest absolute Gasteiger partial charge is 0.489 e. The Kier molecular flexibility index (Phi) is 2.52. The zero-order valence-electron chi connectivity index (χ0n) is 9.67. The highest BCUT2D eigenvalue weighted by Gasteiger charge is 2.29. The lowest BCUT2D eigenvalue weighted by atomic mass is 9.89. The normalized spacial score (nSPS) is 17.0. The summed E-state index contributed by atoms with van der Waals surface area (Å²) in [5.41, 5.74) is 2.46. The lowest BCUT2D eigenvalue weighted by molar-refractivity contribution is -0.137. The molecule has 1 aliphatic heterocycles. The minimum Gasteiger partial charge on any atom is -0.489 e. The summed E-state index contributed by atoms with van der Waals surface area (Å²) in [6, 6.07) is 14.9. The Morgan fingerprint density at radius 1 is 1.06 bits per heavy atom. The average molecular weight is 240 g/mol. The van der Waals surface area contributed by atoms with Gasteiger partial charge in [0.05, 0.1) is 0 Å². The van der Waals surface area contributed by atoms with Crippen molar-refractivity contribution in [1.29, 1.82) is 0 Å². The maximum absolute atomic E-state index is 11.6. The van der Waals surface area contributed by atoms with Crippen molar-refractivity contribution in [2.75, 3.05) is 0 Å². The molecule has 0 spiro atoms. The average Bonchev–Trinajstić information content (AvgIpc) is 2.55. The molecule has 0 aromatic heterocycles. The number of para-hydroxylation sites is 1. The number of carboxylic acid groups (broad SMARTS) is 1. The summed E-state index contributed by atoms with van der Waals surface area (Å²) in [6.07, 6.45) is 0. The number of rotatable bonds is 1. The van der Waals surface area contributed by atoms with Crippen LogP contribution in [0.2, 0.25) is 0 Å². The number of hydrogen-bond donors (Lipinski definition) is 1. The molecule has 3 heteroatoms. The molecule has 18 heavy (non-hydrogen) atoms. The van der Waals surface area contributed by atoms with E-state index in [1.807, 2.05) is 48.5 Å². The molecule has 2 aromatic carbocycles. The summed E-state index contributed by atoms with van der Waals surface area (Å²) in [5, 5.41) is 9.50. The number of carboxylic acids is 1. The monoisotopic (exact) mass is 240 g/mol. The van der Waals surface area contributed by atoms with Crippen LogP contribution in [0.4, 0.5) is 0 Å². The van der Waals surface area contributed by atoms with Crippen molar-refractivity contribution in [2.24, 2.45) is 0 Å². The Bertz CT molecular complexity index is 557. The van der Waals surface area contributed by atoms with E-state index in [4.69, 9.17) is 4.74 Å². The quantitative estimate of drug-likeness (QED) is 0.833. The third-order valence-corrected chi connectivity index (χ3v) is 3.23. The van der Waals surface area contributed by atoms with Gasteiger partial charge in [0.1, 0.15) is 18.3 Å². The molecule has 0 fully saturated rings. The number of benzene rings is 2. The van der Waals surface area contributed by atoms with Crippen LogP contribution in [0.5, 0.6) is 5.75 Å². The van der Waals surface area contributed by atoms with E-state index in [2.05, 4.69) is 0 Å². The van der Waals surface area contributed by atoms with Crippen LogP contribution in [0.1, 0.15) is 22.6 Å². The molecule has 0 aliphatic carbocycles. The maximum atomic E-state index is 11.6. The number of ether oxygens (including phenoxy) is 1. The summed E-state index contributed by atoms with van der Waals surface area (Å²) in [6.45, 7) is 0.414. The van der Waals surface area contributed by atoms with E-state index in [-0.39, 0.29) is 0 Å². The second-order valence-electron chi connectivity index (χ2n) is 4.30. The number of aliphatic carboxylic acids is 1. The van der Waals surface area contributed by atoms with Crippen LogP contribution >= 0.6 is 0 Å². The van der Waals surface area contributed by atoms with Crippen molar-refractivity contribution in [3.8, 4) is 5.75 Å². The molecule has 0 bridgehead atoms. The topological polar surface area (TPSA) is 46.5 Å². The van der Waals surface area contributed by atoms with Crippen molar-refractivity contribution in [1.82, 2.24) is 0 Å². The first-order chi connectivity index (χ1) is 8.77. The van der Waals surface area contributed by atoms with Crippen LogP contribution in [0, 0.1) is 0 Å². The van der Waals surface area contributed by atoms with E-state index in [9.17, 15) is 9.90 Å². The summed E-state index contributed by atoms with van der Waals surface area (Å²) >= 11 is 0. The second-order valence-corrected chi connectivity index (χ2v) is 4.30. The fraction of sp³-hybridized carbons (Fsp3) is 0.133. The third-order valence-electron chi connectivity index (χ3n) is 3.23. The van der Waals surface area contributed by atoms with Gasteiger partial charge in [-0.2, -0.15) is 0 Å². The second kappa shape index (κ2) is 4.18. The highest BCUT2D eigenvalue weighted by atomic mass is 16.5. The van der Waals surface area contributed by atoms with Gasteiger partial charge in [-0.15, -0.1) is 0 Å². The Balaban J connectivity index is 2.24. The highest BCUT2D eigenvalue weighted by Crippen LogP contribution is 2.37. The van der Waals surface area contributed by atoms with Crippen LogP contribution in [0.3, 0.4) is 0 Å². The molecule has 1 heterocycles. The molecule has 0 unspecified atom stereocenters.